The Morgan fingerprint density at radius 3 is 2.45 bits per heavy atom. The molecular formula is C20H19FN4O4. The van der Waals surface area contributed by atoms with Crippen molar-refractivity contribution in [3.8, 4) is 22.8 Å². The van der Waals surface area contributed by atoms with Crippen molar-refractivity contribution >= 4 is 11.8 Å². The highest BCUT2D eigenvalue weighted by atomic mass is 19.1. The number of carbonyl (C=O) groups excluding carboxylic acids is 2. The zero-order valence-electron chi connectivity index (χ0n) is 16.6. The molecule has 0 aliphatic heterocycles. The van der Waals surface area contributed by atoms with Gasteiger partial charge in [0.1, 0.15) is 17.1 Å². The summed E-state index contributed by atoms with van der Waals surface area (Å²) in [4.78, 5) is 35.9. The Kier molecular flexibility index (Phi) is 5.23. The van der Waals surface area contributed by atoms with Gasteiger partial charge in [-0.2, -0.15) is 0 Å². The van der Waals surface area contributed by atoms with E-state index >= 15 is 0 Å². The zero-order valence-corrected chi connectivity index (χ0v) is 16.6. The van der Waals surface area contributed by atoms with Crippen molar-refractivity contribution in [2.75, 3.05) is 0 Å². The number of ether oxygens (including phenoxy) is 1. The third-order valence-corrected chi connectivity index (χ3v) is 3.82. The zero-order chi connectivity index (χ0) is 21.3. The highest BCUT2D eigenvalue weighted by Gasteiger charge is 2.23. The molecule has 3 heterocycles. The maximum absolute atomic E-state index is 14.4. The summed E-state index contributed by atoms with van der Waals surface area (Å²) in [6, 6.07) is 2.51. The molecule has 0 saturated carbocycles. The molecule has 9 heteroatoms. The van der Waals surface area contributed by atoms with Crippen LogP contribution in [0.2, 0.25) is 0 Å². The quantitative estimate of drug-likeness (QED) is 0.482. The summed E-state index contributed by atoms with van der Waals surface area (Å²) >= 11 is 0. The van der Waals surface area contributed by atoms with E-state index in [0.29, 0.717) is 11.3 Å². The van der Waals surface area contributed by atoms with E-state index < -0.39 is 17.4 Å². The van der Waals surface area contributed by atoms with Crippen LogP contribution in [0.15, 0.2) is 29.0 Å². The van der Waals surface area contributed by atoms with E-state index in [2.05, 4.69) is 20.1 Å². The monoisotopic (exact) mass is 398 g/mol. The number of hydrogen-bond donors (Lipinski definition) is 0. The van der Waals surface area contributed by atoms with Gasteiger partial charge in [-0.25, -0.2) is 19.2 Å². The first kappa shape index (κ1) is 20.2. The molecule has 0 spiro atoms. The van der Waals surface area contributed by atoms with Gasteiger partial charge < -0.3 is 9.26 Å². The minimum atomic E-state index is -0.673. The van der Waals surface area contributed by atoms with Crippen LogP contribution >= 0.6 is 0 Å². The molecule has 29 heavy (non-hydrogen) atoms. The molecule has 150 valence electrons. The van der Waals surface area contributed by atoms with E-state index in [0.717, 1.165) is 6.07 Å². The van der Waals surface area contributed by atoms with Gasteiger partial charge in [0.15, 0.2) is 17.3 Å². The number of aryl methyl sites for hydroxylation is 1. The van der Waals surface area contributed by atoms with Gasteiger partial charge in [-0.3, -0.25) is 9.78 Å². The van der Waals surface area contributed by atoms with Crippen molar-refractivity contribution in [2.24, 2.45) is 0 Å². The molecule has 0 N–H and O–H groups in total. The van der Waals surface area contributed by atoms with E-state index in [9.17, 15) is 14.0 Å². The summed E-state index contributed by atoms with van der Waals surface area (Å²) in [5, 5.41) is 3.80. The number of esters is 1. The fourth-order valence-electron chi connectivity index (χ4n) is 2.46. The minimum Gasteiger partial charge on any atom is -0.454 e. The van der Waals surface area contributed by atoms with Gasteiger partial charge >= 0.3 is 5.97 Å². The number of nitrogens with zero attached hydrogens (tertiary/aromatic N) is 4. The second kappa shape index (κ2) is 7.50. The van der Waals surface area contributed by atoms with Crippen LogP contribution in [0.5, 0.6) is 0 Å². The fraction of sp³-hybridized carbons (Fsp3) is 0.300. The van der Waals surface area contributed by atoms with Crippen molar-refractivity contribution < 1.29 is 23.2 Å². The number of rotatable bonds is 4. The lowest BCUT2D eigenvalue weighted by Crippen LogP contribution is -2.23. The lowest BCUT2D eigenvalue weighted by Gasteiger charge is -2.17. The predicted octanol–water partition coefficient (Wildman–Crippen LogP) is 3.80. The van der Waals surface area contributed by atoms with Crippen molar-refractivity contribution in [1.82, 2.24) is 20.1 Å². The first-order valence-corrected chi connectivity index (χ1v) is 8.76. The highest BCUT2D eigenvalue weighted by Crippen LogP contribution is 2.25. The highest BCUT2D eigenvalue weighted by molar-refractivity contribution is 5.94. The molecule has 0 atom stereocenters. The maximum atomic E-state index is 14.4. The normalized spacial score (nSPS) is 11.4. The molecule has 0 saturated heterocycles. The number of ketones is 1. The molecule has 3 aromatic rings. The first-order chi connectivity index (χ1) is 13.5. The van der Waals surface area contributed by atoms with Crippen LogP contribution in [0, 0.1) is 12.7 Å². The van der Waals surface area contributed by atoms with Crippen molar-refractivity contribution in [1.29, 1.82) is 0 Å². The Labute approximate surface area is 166 Å². The van der Waals surface area contributed by atoms with E-state index in [1.54, 1.807) is 27.7 Å². The van der Waals surface area contributed by atoms with Gasteiger partial charge in [-0.15, -0.1) is 0 Å². The van der Waals surface area contributed by atoms with Gasteiger partial charge in [-0.05, 0) is 40.7 Å². The van der Waals surface area contributed by atoms with Crippen LogP contribution in [0.4, 0.5) is 4.39 Å². The Balaban J connectivity index is 1.89. The summed E-state index contributed by atoms with van der Waals surface area (Å²) in [5.41, 5.74) is 0.595. The van der Waals surface area contributed by atoms with Crippen molar-refractivity contribution in [3.05, 3.63) is 47.4 Å². The number of carbonyl (C=O) groups is 2. The molecule has 3 aromatic heterocycles. The molecule has 8 nitrogen and oxygen atoms in total. The lowest BCUT2D eigenvalue weighted by molar-refractivity contribution is 0.00276. The summed E-state index contributed by atoms with van der Waals surface area (Å²) in [5.74, 6) is -1.45. The van der Waals surface area contributed by atoms with Crippen LogP contribution in [-0.2, 0) is 4.74 Å². The van der Waals surface area contributed by atoms with E-state index in [1.165, 1.54) is 25.4 Å². The summed E-state index contributed by atoms with van der Waals surface area (Å²) in [7, 11) is 0. The van der Waals surface area contributed by atoms with Gasteiger partial charge in [0.25, 0.3) is 0 Å². The number of halogens is 1. The standard InChI is InChI=1S/C20H19FN4O4/c1-10-13(17-14(21)6-12(8-22-17)11(2)26)9-23-18(24-10)15-7-16(29-25-15)19(27)28-20(3,4)5/h6-9H,1-5H3. The molecule has 0 unspecified atom stereocenters. The van der Waals surface area contributed by atoms with Crippen LogP contribution in [0.1, 0.15) is 54.3 Å². The van der Waals surface area contributed by atoms with Crippen LogP contribution in [-0.4, -0.2) is 37.5 Å². The molecule has 0 amide bonds. The van der Waals surface area contributed by atoms with Gasteiger partial charge in [0.2, 0.25) is 5.76 Å². The Hall–Kier alpha value is -3.49. The molecule has 0 aliphatic rings. The molecule has 3 rings (SSSR count). The van der Waals surface area contributed by atoms with Gasteiger partial charge in [0.05, 0.1) is 5.69 Å². The second-order valence-corrected chi connectivity index (χ2v) is 7.38. The average molecular weight is 398 g/mol. The molecule has 0 aliphatic carbocycles. The maximum Gasteiger partial charge on any atom is 0.377 e. The second-order valence-electron chi connectivity index (χ2n) is 7.38. The molecule has 0 aromatic carbocycles. The van der Waals surface area contributed by atoms with Gasteiger partial charge in [-0.1, -0.05) is 5.16 Å². The van der Waals surface area contributed by atoms with Crippen LogP contribution < -0.4 is 0 Å². The van der Waals surface area contributed by atoms with E-state index in [-0.39, 0.29) is 34.3 Å². The Bertz CT molecular complexity index is 1100. The van der Waals surface area contributed by atoms with Gasteiger partial charge in [0, 0.05) is 29.6 Å². The minimum absolute atomic E-state index is 0.0358. The molecular weight excluding hydrogens is 379 g/mol. The molecule has 0 bridgehead atoms. The average Bonchev–Trinajstić information content (AvgIpc) is 3.11. The first-order valence-electron chi connectivity index (χ1n) is 8.76. The number of pyridine rings is 1. The number of Topliss-reactive ketones (excluding diaryl/α,β-unsaturated/α-hetero) is 1. The Morgan fingerprint density at radius 2 is 1.86 bits per heavy atom. The smallest absolute Gasteiger partial charge is 0.377 e. The Morgan fingerprint density at radius 1 is 1.14 bits per heavy atom. The molecule has 0 radical (unpaired) electrons. The largest absolute Gasteiger partial charge is 0.454 e. The predicted molar refractivity (Wildman–Crippen MR) is 101 cm³/mol. The lowest BCUT2D eigenvalue weighted by atomic mass is 10.1. The van der Waals surface area contributed by atoms with Crippen LogP contribution in [0.3, 0.4) is 0 Å². The van der Waals surface area contributed by atoms with Crippen LogP contribution in [0.25, 0.3) is 22.8 Å². The molecule has 0 fully saturated rings. The summed E-state index contributed by atoms with van der Waals surface area (Å²) < 4.78 is 24.6. The SMILES string of the molecule is CC(=O)c1cnc(-c2cnc(-c3cc(C(=O)OC(C)(C)C)on3)nc2C)c(F)c1. The fourth-order valence-corrected chi connectivity index (χ4v) is 2.46. The van der Waals surface area contributed by atoms with Crippen molar-refractivity contribution in [3.63, 3.8) is 0 Å². The van der Waals surface area contributed by atoms with E-state index in [1.807, 2.05) is 0 Å². The third-order valence-electron chi connectivity index (χ3n) is 3.82. The third kappa shape index (κ3) is 4.50. The van der Waals surface area contributed by atoms with Crippen molar-refractivity contribution in [2.45, 2.75) is 40.2 Å². The summed E-state index contributed by atoms with van der Waals surface area (Å²) in [6.07, 6.45) is 2.71. The van der Waals surface area contributed by atoms with E-state index in [4.69, 9.17) is 9.26 Å². The number of aromatic nitrogens is 4. The number of hydrogen-bond acceptors (Lipinski definition) is 8. The topological polar surface area (TPSA) is 108 Å². The summed E-state index contributed by atoms with van der Waals surface area (Å²) in [6.45, 7) is 8.22.